The highest BCUT2D eigenvalue weighted by molar-refractivity contribution is 5.70. The molecule has 3 atom stereocenters. The molecule has 14 heavy (non-hydrogen) atoms. The molecule has 0 aromatic carbocycles. The van der Waals surface area contributed by atoms with E-state index in [0.717, 1.165) is 12.8 Å². The summed E-state index contributed by atoms with van der Waals surface area (Å²) < 4.78 is 0. The summed E-state index contributed by atoms with van der Waals surface area (Å²) in [6, 6.07) is 0. The molecule has 0 saturated carbocycles. The Labute approximate surface area is 86.1 Å². The Balaban J connectivity index is 4.21. The Morgan fingerprint density at radius 3 is 2.29 bits per heavy atom. The van der Waals surface area contributed by atoms with Crippen molar-refractivity contribution in [3.8, 4) is 0 Å². The number of rotatable bonds is 7. The minimum absolute atomic E-state index is 0.364. The predicted octanol–water partition coefficient (Wildman–Crippen LogP) is 2.28. The van der Waals surface area contributed by atoms with E-state index in [1.165, 1.54) is 0 Å². The first-order valence-electron chi connectivity index (χ1n) is 5.43. The number of carboxylic acid groups (broad SMARTS) is 1. The number of carboxylic acids is 1. The molecule has 0 heterocycles. The Bertz CT molecular complexity index is 168. The van der Waals surface area contributed by atoms with Gasteiger partial charge in [-0.05, 0) is 18.8 Å². The van der Waals surface area contributed by atoms with E-state index in [2.05, 4.69) is 0 Å². The topological polar surface area (TPSA) is 57.5 Å². The number of aliphatic carboxylic acids is 1. The quantitative estimate of drug-likeness (QED) is 0.666. The van der Waals surface area contributed by atoms with E-state index in [0.29, 0.717) is 18.8 Å². The van der Waals surface area contributed by atoms with Gasteiger partial charge >= 0.3 is 5.97 Å². The molecule has 3 heteroatoms. The molecule has 1 unspecified atom stereocenters. The highest BCUT2D eigenvalue weighted by atomic mass is 16.4. The second kappa shape index (κ2) is 6.82. The summed E-state index contributed by atoms with van der Waals surface area (Å²) in [6.45, 7) is 6.01. The lowest BCUT2D eigenvalue weighted by molar-refractivity contribution is -0.146. The summed E-state index contributed by atoms with van der Waals surface area (Å²) in [6.07, 6.45) is 2.25. The fraction of sp³-hybridized carbons (Fsp3) is 0.909. The van der Waals surface area contributed by atoms with Crippen LogP contribution < -0.4 is 0 Å². The highest BCUT2D eigenvalue weighted by Crippen LogP contribution is 2.21. The van der Waals surface area contributed by atoms with Gasteiger partial charge in [-0.2, -0.15) is 0 Å². The number of hydrogen-bond acceptors (Lipinski definition) is 2. The molecule has 0 spiro atoms. The first-order valence-corrected chi connectivity index (χ1v) is 5.43. The summed E-state index contributed by atoms with van der Waals surface area (Å²) >= 11 is 0. The van der Waals surface area contributed by atoms with E-state index in [-0.39, 0.29) is 0 Å². The molecule has 84 valence electrons. The molecule has 0 radical (unpaired) electrons. The molecule has 0 bridgehead atoms. The van der Waals surface area contributed by atoms with E-state index < -0.39 is 18.0 Å². The van der Waals surface area contributed by atoms with Crippen LogP contribution in [0.1, 0.15) is 46.5 Å². The maximum atomic E-state index is 10.9. The van der Waals surface area contributed by atoms with Crippen LogP contribution in [0.15, 0.2) is 0 Å². The van der Waals surface area contributed by atoms with Crippen molar-refractivity contribution in [1.82, 2.24) is 0 Å². The predicted molar refractivity (Wildman–Crippen MR) is 56.1 cm³/mol. The molecule has 2 N–H and O–H groups in total. The lowest BCUT2D eigenvalue weighted by Gasteiger charge is -2.21. The van der Waals surface area contributed by atoms with Gasteiger partial charge in [-0.25, -0.2) is 0 Å². The second-order valence-electron chi connectivity index (χ2n) is 4.05. The van der Waals surface area contributed by atoms with Crippen LogP contribution >= 0.6 is 0 Å². The van der Waals surface area contributed by atoms with Crippen molar-refractivity contribution in [1.29, 1.82) is 0 Å². The lowest BCUT2D eigenvalue weighted by atomic mass is 9.88. The summed E-state index contributed by atoms with van der Waals surface area (Å²) in [7, 11) is 0. The van der Waals surface area contributed by atoms with E-state index >= 15 is 0 Å². The van der Waals surface area contributed by atoms with Crippen LogP contribution in [0.4, 0.5) is 0 Å². The van der Waals surface area contributed by atoms with Crippen LogP contribution in [0, 0.1) is 11.8 Å². The molecule has 0 aromatic heterocycles. The summed E-state index contributed by atoms with van der Waals surface area (Å²) in [4.78, 5) is 10.9. The molecule has 0 fully saturated rings. The summed E-state index contributed by atoms with van der Waals surface area (Å²) in [5, 5.41) is 18.6. The van der Waals surface area contributed by atoms with Crippen molar-refractivity contribution in [2.45, 2.75) is 52.6 Å². The van der Waals surface area contributed by atoms with Gasteiger partial charge < -0.3 is 10.2 Å². The zero-order valence-electron chi connectivity index (χ0n) is 9.36. The average Bonchev–Trinajstić information content (AvgIpc) is 2.13. The van der Waals surface area contributed by atoms with E-state index in [1.807, 2.05) is 20.8 Å². The first-order chi connectivity index (χ1) is 6.52. The van der Waals surface area contributed by atoms with Crippen LogP contribution in [0.2, 0.25) is 0 Å². The first kappa shape index (κ1) is 13.4. The third kappa shape index (κ3) is 4.61. The largest absolute Gasteiger partial charge is 0.481 e. The molecule has 3 nitrogen and oxygen atoms in total. The average molecular weight is 202 g/mol. The number of aliphatic hydroxyl groups is 1. The summed E-state index contributed by atoms with van der Waals surface area (Å²) in [5.74, 6) is -1.10. The van der Waals surface area contributed by atoms with Crippen LogP contribution in [0.25, 0.3) is 0 Å². The molecular weight excluding hydrogens is 180 g/mol. The molecule has 0 amide bonds. The van der Waals surface area contributed by atoms with Crippen molar-refractivity contribution in [2.24, 2.45) is 11.8 Å². The smallest absolute Gasteiger partial charge is 0.309 e. The molecule has 0 aliphatic carbocycles. The highest BCUT2D eigenvalue weighted by Gasteiger charge is 2.26. The van der Waals surface area contributed by atoms with Gasteiger partial charge in [0.05, 0.1) is 12.0 Å². The van der Waals surface area contributed by atoms with Crippen molar-refractivity contribution < 1.29 is 15.0 Å². The van der Waals surface area contributed by atoms with Gasteiger partial charge in [0.15, 0.2) is 0 Å². The van der Waals surface area contributed by atoms with Crippen molar-refractivity contribution in [3.05, 3.63) is 0 Å². The third-order valence-corrected chi connectivity index (χ3v) is 2.72. The van der Waals surface area contributed by atoms with Crippen molar-refractivity contribution in [2.75, 3.05) is 0 Å². The molecule has 0 aliphatic heterocycles. The molecule has 0 saturated heterocycles. The molecule has 0 aliphatic rings. The molecule has 0 rings (SSSR count). The third-order valence-electron chi connectivity index (χ3n) is 2.72. The van der Waals surface area contributed by atoms with Crippen LogP contribution in [0.5, 0.6) is 0 Å². The zero-order chi connectivity index (χ0) is 11.1. The second-order valence-corrected chi connectivity index (χ2v) is 4.05. The zero-order valence-corrected chi connectivity index (χ0v) is 9.36. The Hall–Kier alpha value is -0.570. The van der Waals surface area contributed by atoms with Gasteiger partial charge in [0.2, 0.25) is 0 Å². The van der Waals surface area contributed by atoms with Crippen molar-refractivity contribution in [3.63, 3.8) is 0 Å². The number of aliphatic hydroxyl groups excluding tert-OH is 1. The Morgan fingerprint density at radius 2 is 1.93 bits per heavy atom. The SMILES string of the molecule is CCC[C@@H](O)[C@@H](CC(C)CC)C(=O)O. The Kier molecular flexibility index (Phi) is 6.54. The fourth-order valence-electron chi connectivity index (χ4n) is 1.52. The van der Waals surface area contributed by atoms with Gasteiger partial charge in [-0.3, -0.25) is 4.79 Å². The van der Waals surface area contributed by atoms with Crippen LogP contribution in [-0.4, -0.2) is 22.3 Å². The Morgan fingerprint density at radius 1 is 1.36 bits per heavy atom. The van der Waals surface area contributed by atoms with E-state index in [1.54, 1.807) is 0 Å². The molecular formula is C11H22O3. The monoisotopic (exact) mass is 202 g/mol. The molecule has 0 aromatic rings. The van der Waals surface area contributed by atoms with Gasteiger partial charge in [0.1, 0.15) is 0 Å². The van der Waals surface area contributed by atoms with Gasteiger partial charge in [0.25, 0.3) is 0 Å². The summed E-state index contributed by atoms with van der Waals surface area (Å²) in [5.41, 5.74) is 0. The maximum absolute atomic E-state index is 10.9. The maximum Gasteiger partial charge on any atom is 0.309 e. The normalized spacial score (nSPS) is 17.4. The van der Waals surface area contributed by atoms with E-state index in [9.17, 15) is 9.90 Å². The standard InChI is InChI=1S/C11H22O3/c1-4-6-10(12)9(11(13)14)7-8(3)5-2/h8-10,12H,4-7H2,1-3H3,(H,13,14)/t8?,9-,10-/m1/s1. The van der Waals surface area contributed by atoms with Gasteiger partial charge in [-0.15, -0.1) is 0 Å². The number of hydrogen-bond donors (Lipinski definition) is 2. The fourth-order valence-corrected chi connectivity index (χ4v) is 1.52. The number of carbonyl (C=O) groups is 1. The van der Waals surface area contributed by atoms with E-state index in [4.69, 9.17) is 5.11 Å². The van der Waals surface area contributed by atoms with Crippen LogP contribution in [-0.2, 0) is 4.79 Å². The van der Waals surface area contributed by atoms with Gasteiger partial charge in [0, 0.05) is 0 Å². The minimum atomic E-state index is -0.869. The lowest BCUT2D eigenvalue weighted by Crippen LogP contribution is -2.29. The minimum Gasteiger partial charge on any atom is -0.481 e. The van der Waals surface area contributed by atoms with Crippen molar-refractivity contribution >= 4 is 5.97 Å². The van der Waals surface area contributed by atoms with Gasteiger partial charge in [-0.1, -0.05) is 33.6 Å². The van der Waals surface area contributed by atoms with Crippen LogP contribution in [0.3, 0.4) is 0 Å².